The van der Waals surface area contributed by atoms with Gasteiger partial charge in [-0.1, -0.05) is 0 Å². The van der Waals surface area contributed by atoms with E-state index in [9.17, 15) is 4.79 Å². The molecule has 128 valence electrons. The summed E-state index contributed by atoms with van der Waals surface area (Å²) in [5, 5.41) is 6.86. The first-order chi connectivity index (χ1) is 11.6. The van der Waals surface area contributed by atoms with Gasteiger partial charge < -0.3 is 14.1 Å². The zero-order chi connectivity index (χ0) is 16.6. The molecule has 24 heavy (non-hydrogen) atoms. The molecule has 2 aromatic heterocycles. The number of likely N-dealkylation sites (N-methyl/N-ethyl adjacent to an activating group) is 1. The molecule has 0 saturated carbocycles. The van der Waals surface area contributed by atoms with Gasteiger partial charge in [0.05, 0.1) is 13.1 Å². The van der Waals surface area contributed by atoms with Crippen LogP contribution in [-0.4, -0.2) is 58.4 Å². The van der Waals surface area contributed by atoms with Gasteiger partial charge in [0, 0.05) is 26.2 Å². The van der Waals surface area contributed by atoms with Crippen LogP contribution >= 0.6 is 0 Å². The predicted molar refractivity (Wildman–Crippen MR) is 87.3 cm³/mol. The van der Waals surface area contributed by atoms with E-state index in [0.717, 1.165) is 56.1 Å². The summed E-state index contributed by atoms with van der Waals surface area (Å²) >= 11 is 0. The van der Waals surface area contributed by atoms with Crippen molar-refractivity contribution in [2.75, 3.05) is 26.7 Å². The fourth-order valence-corrected chi connectivity index (χ4v) is 3.66. The van der Waals surface area contributed by atoms with E-state index >= 15 is 0 Å². The topological polar surface area (TPSA) is 74.6 Å². The molecule has 0 radical (unpaired) electrons. The molecular formula is C17H22N4O3. The molecule has 7 nitrogen and oxygen atoms in total. The standard InChI is InChI=1S/C17H22N4O3/c1-20-12-17(24-16(20)22)6-2-9-21(10-7-17)11-13-3-4-15(23-13)14-5-8-18-19-14/h3-5,8H,2,6-7,9-12H2,1H3,(H,18,19)/t17-/m0/s1. The van der Waals surface area contributed by atoms with Crippen molar-refractivity contribution in [3.63, 3.8) is 0 Å². The molecule has 4 heterocycles. The smallest absolute Gasteiger partial charge is 0.410 e. The van der Waals surface area contributed by atoms with Gasteiger partial charge in [-0.25, -0.2) is 4.79 Å². The van der Waals surface area contributed by atoms with Crippen molar-refractivity contribution < 1.29 is 13.9 Å². The lowest BCUT2D eigenvalue weighted by Gasteiger charge is -2.25. The average Bonchev–Trinajstić information content (AvgIpc) is 3.24. The lowest BCUT2D eigenvalue weighted by molar-refractivity contribution is 0.0441. The summed E-state index contributed by atoms with van der Waals surface area (Å²) < 4.78 is 11.6. The molecule has 0 aromatic carbocycles. The number of amides is 1. The zero-order valence-corrected chi connectivity index (χ0v) is 13.8. The van der Waals surface area contributed by atoms with Crippen LogP contribution in [0, 0.1) is 0 Å². The second-order valence-electron chi connectivity index (χ2n) is 6.77. The molecule has 0 bridgehead atoms. The number of nitrogens with one attached hydrogen (secondary N) is 1. The average molecular weight is 330 g/mol. The Bertz CT molecular complexity index is 711. The summed E-state index contributed by atoms with van der Waals surface area (Å²) in [4.78, 5) is 15.8. The van der Waals surface area contributed by atoms with Gasteiger partial charge >= 0.3 is 6.09 Å². The monoisotopic (exact) mass is 330 g/mol. The van der Waals surface area contributed by atoms with Crippen molar-refractivity contribution in [2.24, 2.45) is 0 Å². The first-order valence-electron chi connectivity index (χ1n) is 8.39. The number of carbonyl (C=O) groups excluding carboxylic acids is 1. The molecule has 1 spiro atoms. The van der Waals surface area contributed by atoms with Gasteiger partial charge in [0.15, 0.2) is 5.76 Å². The summed E-state index contributed by atoms with van der Waals surface area (Å²) in [6.07, 6.45) is 4.34. The molecule has 0 aliphatic carbocycles. The summed E-state index contributed by atoms with van der Waals surface area (Å²) in [6, 6.07) is 5.87. The number of nitrogens with zero attached hydrogens (tertiary/aromatic N) is 3. The number of ether oxygens (including phenoxy) is 1. The molecule has 4 rings (SSSR count). The largest absolute Gasteiger partial charge is 0.458 e. The fraction of sp³-hybridized carbons (Fsp3) is 0.529. The molecule has 2 fully saturated rings. The third-order valence-corrected chi connectivity index (χ3v) is 4.94. The van der Waals surface area contributed by atoms with Crippen molar-refractivity contribution >= 4 is 6.09 Å². The molecule has 1 amide bonds. The normalized spacial score (nSPS) is 25.2. The maximum absolute atomic E-state index is 11.7. The summed E-state index contributed by atoms with van der Waals surface area (Å²) in [7, 11) is 1.81. The van der Waals surface area contributed by atoms with E-state index < -0.39 is 0 Å². The number of rotatable bonds is 3. The maximum atomic E-state index is 11.7. The Morgan fingerprint density at radius 3 is 2.96 bits per heavy atom. The van der Waals surface area contributed by atoms with Gasteiger partial charge in [-0.05, 0) is 37.6 Å². The lowest BCUT2D eigenvalue weighted by atomic mass is 9.95. The van der Waals surface area contributed by atoms with Crippen molar-refractivity contribution in [3.8, 4) is 11.5 Å². The molecule has 2 aromatic rings. The number of hydrogen-bond acceptors (Lipinski definition) is 5. The Labute approximate surface area is 140 Å². The Morgan fingerprint density at radius 1 is 1.29 bits per heavy atom. The molecule has 2 aliphatic rings. The Morgan fingerprint density at radius 2 is 2.21 bits per heavy atom. The third kappa shape index (κ3) is 2.91. The van der Waals surface area contributed by atoms with Gasteiger partial charge in [-0.15, -0.1) is 0 Å². The van der Waals surface area contributed by atoms with Gasteiger partial charge in [0.25, 0.3) is 0 Å². The number of hydrogen-bond donors (Lipinski definition) is 1. The molecule has 0 unspecified atom stereocenters. The Kier molecular flexibility index (Phi) is 3.80. The molecule has 2 aliphatic heterocycles. The molecule has 1 N–H and O–H groups in total. The molecule has 1 atom stereocenters. The number of likely N-dealkylation sites (tertiary alicyclic amines) is 1. The van der Waals surface area contributed by atoms with E-state index in [-0.39, 0.29) is 11.7 Å². The highest BCUT2D eigenvalue weighted by Crippen LogP contribution is 2.33. The van der Waals surface area contributed by atoms with Crippen LogP contribution in [0.2, 0.25) is 0 Å². The Balaban J connectivity index is 1.39. The number of aromatic amines is 1. The minimum atomic E-state index is -0.301. The van der Waals surface area contributed by atoms with Crippen molar-refractivity contribution in [2.45, 2.75) is 31.4 Å². The molecule has 7 heteroatoms. The van der Waals surface area contributed by atoms with Gasteiger partial charge in [0.1, 0.15) is 17.1 Å². The highest BCUT2D eigenvalue weighted by atomic mass is 16.6. The lowest BCUT2D eigenvalue weighted by Crippen LogP contribution is -2.35. The van der Waals surface area contributed by atoms with Crippen LogP contribution in [0.4, 0.5) is 4.79 Å². The van der Waals surface area contributed by atoms with Crippen LogP contribution in [0.5, 0.6) is 0 Å². The molecular weight excluding hydrogens is 308 g/mol. The summed E-state index contributed by atoms with van der Waals surface area (Å²) in [5.41, 5.74) is 0.585. The van der Waals surface area contributed by atoms with Crippen molar-refractivity contribution in [3.05, 3.63) is 30.2 Å². The van der Waals surface area contributed by atoms with E-state index in [1.165, 1.54) is 0 Å². The second-order valence-corrected chi connectivity index (χ2v) is 6.77. The Hall–Kier alpha value is -2.28. The van der Waals surface area contributed by atoms with E-state index in [0.29, 0.717) is 6.54 Å². The predicted octanol–water partition coefficient (Wildman–Crippen LogP) is 2.48. The first kappa shape index (κ1) is 15.3. The summed E-state index contributed by atoms with van der Waals surface area (Å²) in [6.45, 7) is 3.36. The van der Waals surface area contributed by atoms with Crippen LogP contribution in [0.3, 0.4) is 0 Å². The first-order valence-corrected chi connectivity index (χ1v) is 8.39. The van der Waals surface area contributed by atoms with Crippen LogP contribution in [0.25, 0.3) is 11.5 Å². The number of H-pyrrole nitrogens is 1. The van der Waals surface area contributed by atoms with Gasteiger partial charge in [0.2, 0.25) is 0 Å². The van der Waals surface area contributed by atoms with Gasteiger partial charge in [-0.3, -0.25) is 10.00 Å². The van der Waals surface area contributed by atoms with Crippen molar-refractivity contribution in [1.82, 2.24) is 20.0 Å². The van der Waals surface area contributed by atoms with Crippen LogP contribution in [0.1, 0.15) is 25.0 Å². The quantitative estimate of drug-likeness (QED) is 0.936. The highest BCUT2D eigenvalue weighted by Gasteiger charge is 2.44. The van der Waals surface area contributed by atoms with E-state index in [2.05, 4.69) is 15.1 Å². The third-order valence-electron chi connectivity index (χ3n) is 4.94. The van der Waals surface area contributed by atoms with Crippen LogP contribution in [0.15, 0.2) is 28.8 Å². The molecule has 2 saturated heterocycles. The number of furan rings is 1. The van der Waals surface area contributed by atoms with E-state index in [1.54, 1.807) is 18.1 Å². The fourth-order valence-electron chi connectivity index (χ4n) is 3.66. The summed E-state index contributed by atoms with van der Waals surface area (Å²) in [5.74, 6) is 1.75. The van der Waals surface area contributed by atoms with E-state index in [1.807, 2.05) is 18.2 Å². The van der Waals surface area contributed by atoms with Crippen LogP contribution in [-0.2, 0) is 11.3 Å². The minimum Gasteiger partial charge on any atom is -0.458 e. The van der Waals surface area contributed by atoms with Crippen molar-refractivity contribution in [1.29, 1.82) is 0 Å². The van der Waals surface area contributed by atoms with Crippen LogP contribution < -0.4 is 0 Å². The second kappa shape index (κ2) is 5.98. The number of aromatic nitrogens is 2. The zero-order valence-electron chi connectivity index (χ0n) is 13.8. The maximum Gasteiger partial charge on any atom is 0.410 e. The SMILES string of the molecule is CN1C[C@@]2(CCCN(Cc3ccc(-c4ccn[nH]4)o3)CC2)OC1=O. The highest BCUT2D eigenvalue weighted by molar-refractivity contribution is 5.70. The number of carbonyl (C=O) groups is 1. The minimum absolute atomic E-state index is 0.196. The van der Waals surface area contributed by atoms with E-state index in [4.69, 9.17) is 9.15 Å². The van der Waals surface area contributed by atoms with Gasteiger partial charge in [-0.2, -0.15) is 5.10 Å².